The topological polar surface area (TPSA) is 3.24 Å². The zero-order valence-corrected chi connectivity index (χ0v) is 25.9. The van der Waals surface area contributed by atoms with Gasteiger partial charge in [0.1, 0.15) is 0 Å². The van der Waals surface area contributed by atoms with E-state index in [-0.39, 0.29) is 6.04 Å². The number of rotatable bonds is 4. The molecule has 0 fully saturated rings. The summed E-state index contributed by atoms with van der Waals surface area (Å²) in [5.74, 6) is 0. The van der Waals surface area contributed by atoms with Gasteiger partial charge in [-0.05, 0) is 85.1 Å². The highest BCUT2D eigenvalue weighted by Crippen LogP contribution is 2.53. The Labute approximate surface area is 274 Å². The Bertz CT molecular complexity index is 2460. The van der Waals surface area contributed by atoms with Crippen LogP contribution >= 0.6 is 0 Å². The summed E-state index contributed by atoms with van der Waals surface area (Å²) < 4.78 is 0. The van der Waals surface area contributed by atoms with Crippen molar-refractivity contribution in [3.63, 3.8) is 0 Å². The van der Waals surface area contributed by atoms with Crippen molar-refractivity contribution in [3.05, 3.63) is 175 Å². The van der Waals surface area contributed by atoms with Crippen LogP contribution in [0.3, 0.4) is 0 Å². The molecule has 0 aromatic heterocycles. The Morgan fingerprint density at radius 2 is 0.915 bits per heavy atom. The lowest BCUT2D eigenvalue weighted by atomic mass is 9.83. The van der Waals surface area contributed by atoms with Gasteiger partial charge in [-0.2, -0.15) is 0 Å². The first-order valence-corrected chi connectivity index (χ1v) is 16.6. The molecule has 10 rings (SSSR count). The molecule has 0 saturated carbocycles. The van der Waals surface area contributed by atoms with Crippen molar-refractivity contribution >= 4 is 49.3 Å². The number of anilines is 2. The monoisotopic (exact) mass is 597 g/mol. The Kier molecular flexibility index (Phi) is 5.77. The van der Waals surface area contributed by atoms with Gasteiger partial charge in [0.05, 0.1) is 11.7 Å². The van der Waals surface area contributed by atoms with Crippen LogP contribution in [-0.4, -0.2) is 6.04 Å². The third kappa shape index (κ3) is 3.90. The summed E-state index contributed by atoms with van der Waals surface area (Å²) in [5.41, 5.74) is 12.8. The van der Waals surface area contributed by atoms with E-state index in [9.17, 15) is 0 Å². The standard InChI is InChI=1S/C46H31N/c1-4-14-30(15-5-1)39-28-40(31-16-6-2-7-17-31)36-26-27-38-44(47-42-22-12-10-20-33(42)34-21-11-13-23-43(34)47)29-41(32-18-8-3-9-19-32)37-25-24-35(39)45(36)46(37)38/h1-22,24-29,43H,23H2. The van der Waals surface area contributed by atoms with Gasteiger partial charge in [-0.25, -0.2) is 0 Å². The van der Waals surface area contributed by atoms with Crippen LogP contribution in [0.25, 0.3) is 71.3 Å². The molecule has 0 bridgehead atoms. The number of fused-ring (bicyclic) bond motifs is 3. The van der Waals surface area contributed by atoms with Crippen molar-refractivity contribution in [2.45, 2.75) is 12.5 Å². The minimum atomic E-state index is 0.263. The summed E-state index contributed by atoms with van der Waals surface area (Å²) in [7, 11) is 0. The third-order valence-corrected chi connectivity index (χ3v) is 10.3. The van der Waals surface area contributed by atoms with Crippen LogP contribution in [-0.2, 0) is 0 Å². The van der Waals surface area contributed by atoms with E-state index in [0.717, 1.165) is 6.42 Å². The lowest BCUT2D eigenvalue weighted by Gasteiger charge is -2.31. The Balaban J connectivity index is 1.38. The summed E-state index contributed by atoms with van der Waals surface area (Å²) in [6.45, 7) is 0. The van der Waals surface area contributed by atoms with Crippen molar-refractivity contribution in [1.29, 1.82) is 0 Å². The summed E-state index contributed by atoms with van der Waals surface area (Å²) in [5, 5.41) is 7.86. The maximum atomic E-state index is 2.62. The lowest BCUT2D eigenvalue weighted by molar-refractivity contribution is 0.832. The maximum Gasteiger partial charge on any atom is 0.0633 e. The molecule has 0 amide bonds. The summed E-state index contributed by atoms with van der Waals surface area (Å²) in [6, 6.07) is 56.3. The number of allylic oxidation sites excluding steroid dienone is 2. The van der Waals surface area contributed by atoms with Gasteiger partial charge >= 0.3 is 0 Å². The molecule has 1 atom stereocenters. The second kappa shape index (κ2) is 10.3. The van der Waals surface area contributed by atoms with Crippen LogP contribution in [0.4, 0.5) is 11.4 Å². The van der Waals surface area contributed by atoms with E-state index in [0.29, 0.717) is 0 Å². The Hall–Kier alpha value is -5.92. The molecule has 1 aliphatic carbocycles. The van der Waals surface area contributed by atoms with Gasteiger partial charge in [0.2, 0.25) is 0 Å². The molecule has 0 spiro atoms. The van der Waals surface area contributed by atoms with Crippen molar-refractivity contribution < 1.29 is 0 Å². The molecule has 0 N–H and O–H groups in total. The first-order valence-electron chi connectivity index (χ1n) is 16.6. The zero-order valence-electron chi connectivity index (χ0n) is 25.9. The molecule has 1 unspecified atom stereocenters. The number of nitrogens with zero attached hydrogens (tertiary/aromatic N) is 1. The average molecular weight is 598 g/mol. The molecular weight excluding hydrogens is 567 g/mol. The van der Waals surface area contributed by atoms with Crippen LogP contribution in [0.5, 0.6) is 0 Å². The third-order valence-electron chi connectivity index (χ3n) is 10.3. The fraction of sp³-hybridized carbons (Fsp3) is 0.0435. The minimum Gasteiger partial charge on any atom is -0.332 e. The number of hydrogen-bond donors (Lipinski definition) is 0. The molecule has 0 radical (unpaired) electrons. The highest BCUT2D eigenvalue weighted by atomic mass is 15.2. The highest BCUT2D eigenvalue weighted by molar-refractivity contribution is 6.32. The van der Waals surface area contributed by atoms with E-state index < -0.39 is 0 Å². The number of hydrogen-bond acceptors (Lipinski definition) is 1. The molecule has 47 heavy (non-hydrogen) atoms. The van der Waals surface area contributed by atoms with E-state index in [1.807, 2.05) is 0 Å². The second-order valence-corrected chi connectivity index (χ2v) is 12.8. The van der Waals surface area contributed by atoms with Gasteiger partial charge in [0.15, 0.2) is 0 Å². The predicted octanol–water partition coefficient (Wildman–Crippen LogP) is 12.4. The first-order chi connectivity index (χ1) is 23.3. The van der Waals surface area contributed by atoms with E-state index in [2.05, 4.69) is 175 Å². The van der Waals surface area contributed by atoms with Gasteiger partial charge in [-0.15, -0.1) is 0 Å². The quantitative estimate of drug-likeness (QED) is 0.182. The smallest absolute Gasteiger partial charge is 0.0633 e. The van der Waals surface area contributed by atoms with E-state index >= 15 is 0 Å². The first kappa shape index (κ1) is 26.3. The SMILES string of the molecule is C1=CCC2C(=C1)c1ccccc1N2c1cc(-c2ccccc2)c2ccc3c(-c4ccccc4)cc(-c4ccccc4)c4ccc1c2c34. The van der Waals surface area contributed by atoms with Crippen LogP contribution in [0.15, 0.2) is 170 Å². The second-order valence-electron chi connectivity index (χ2n) is 12.8. The van der Waals surface area contributed by atoms with Gasteiger partial charge in [-0.1, -0.05) is 152 Å². The highest BCUT2D eigenvalue weighted by Gasteiger charge is 2.36. The molecule has 1 heterocycles. The Morgan fingerprint density at radius 1 is 0.426 bits per heavy atom. The fourth-order valence-electron chi connectivity index (χ4n) is 8.27. The van der Waals surface area contributed by atoms with E-state index in [1.165, 1.54) is 88.2 Å². The number of para-hydroxylation sites is 1. The molecule has 8 aromatic carbocycles. The molecule has 1 nitrogen and oxygen atoms in total. The number of benzene rings is 8. The lowest BCUT2D eigenvalue weighted by Crippen LogP contribution is -2.27. The van der Waals surface area contributed by atoms with Crippen molar-refractivity contribution in [1.82, 2.24) is 0 Å². The molecule has 1 heteroatoms. The van der Waals surface area contributed by atoms with Gasteiger partial charge in [0.25, 0.3) is 0 Å². The van der Waals surface area contributed by atoms with Crippen LogP contribution in [0.2, 0.25) is 0 Å². The molecule has 220 valence electrons. The summed E-state index contributed by atoms with van der Waals surface area (Å²) >= 11 is 0. The molecule has 2 aliphatic rings. The van der Waals surface area contributed by atoms with Crippen LogP contribution in [0.1, 0.15) is 12.0 Å². The van der Waals surface area contributed by atoms with Crippen molar-refractivity contribution in [2.75, 3.05) is 4.90 Å². The largest absolute Gasteiger partial charge is 0.332 e. The van der Waals surface area contributed by atoms with E-state index in [1.54, 1.807) is 0 Å². The maximum absolute atomic E-state index is 2.62. The van der Waals surface area contributed by atoms with Crippen LogP contribution in [0, 0.1) is 0 Å². The molecule has 8 aromatic rings. The minimum absolute atomic E-state index is 0.263. The van der Waals surface area contributed by atoms with Gasteiger partial charge < -0.3 is 4.90 Å². The predicted molar refractivity (Wildman–Crippen MR) is 201 cm³/mol. The summed E-state index contributed by atoms with van der Waals surface area (Å²) in [4.78, 5) is 2.62. The Morgan fingerprint density at radius 3 is 1.51 bits per heavy atom. The molecular formula is C46H31N. The normalized spacial score (nSPS) is 15.4. The van der Waals surface area contributed by atoms with Gasteiger partial charge in [0, 0.05) is 22.0 Å². The van der Waals surface area contributed by atoms with E-state index in [4.69, 9.17) is 0 Å². The van der Waals surface area contributed by atoms with Crippen molar-refractivity contribution in [3.8, 4) is 33.4 Å². The van der Waals surface area contributed by atoms with Gasteiger partial charge in [-0.3, -0.25) is 0 Å². The zero-order chi connectivity index (χ0) is 30.9. The average Bonchev–Trinajstić information content (AvgIpc) is 3.48. The van der Waals surface area contributed by atoms with Crippen LogP contribution < -0.4 is 4.90 Å². The summed E-state index contributed by atoms with van der Waals surface area (Å²) in [6.07, 6.45) is 7.85. The van der Waals surface area contributed by atoms with Crippen molar-refractivity contribution in [2.24, 2.45) is 0 Å². The molecule has 0 saturated heterocycles. The molecule has 1 aliphatic heterocycles. The fourth-order valence-corrected chi connectivity index (χ4v) is 8.27.